The van der Waals surface area contributed by atoms with Crippen LogP contribution in [0.1, 0.15) is 38.4 Å². The molecule has 3 aromatic carbocycles. The van der Waals surface area contributed by atoms with Crippen molar-refractivity contribution in [3.05, 3.63) is 110 Å². The molecule has 180 valence electrons. The Bertz CT molecular complexity index is 1380. The fraction of sp³-hybridized carbons (Fsp3) is 0.185. The number of carbonyl (C=O) groups is 1. The van der Waals surface area contributed by atoms with Gasteiger partial charge in [0, 0.05) is 15.6 Å². The number of benzene rings is 3. The van der Waals surface area contributed by atoms with Crippen molar-refractivity contribution >= 4 is 34.8 Å². The highest BCUT2D eigenvalue weighted by Gasteiger charge is 2.16. The van der Waals surface area contributed by atoms with E-state index in [1.807, 2.05) is 45.0 Å². The number of anilines is 1. The minimum absolute atomic E-state index is 0.239. The van der Waals surface area contributed by atoms with Crippen LogP contribution in [0.5, 0.6) is 5.75 Å². The second-order valence-electron chi connectivity index (χ2n) is 8.29. The Hall–Kier alpha value is -3.35. The fourth-order valence-electron chi connectivity index (χ4n) is 3.65. The molecule has 1 N–H and O–H groups in total. The molecule has 0 aliphatic heterocycles. The van der Waals surface area contributed by atoms with E-state index >= 15 is 0 Å². The van der Waals surface area contributed by atoms with E-state index in [4.69, 9.17) is 27.9 Å². The zero-order valence-corrected chi connectivity index (χ0v) is 21.0. The van der Waals surface area contributed by atoms with Crippen LogP contribution in [0, 0.1) is 26.6 Å². The van der Waals surface area contributed by atoms with Crippen molar-refractivity contribution < 1.29 is 13.9 Å². The number of aryl methyl sites for hydroxylation is 2. The molecule has 4 aromatic rings. The maximum Gasteiger partial charge on any atom is 0.255 e. The van der Waals surface area contributed by atoms with Crippen LogP contribution in [0.3, 0.4) is 0 Å². The van der Waals surface area contributed by atoms with Gasteiger partial charge in [-0.05, 0) is 79.9 Å². The summed E-state index contributed by atoms with van der Waals surface area (Å²) in [6.07, 6.45) is 0. The van der Waals surface area contributed by atoms with E-state index in [0.29, 0.717) is 40.1 Å². The number of hydrogen-bond acceptors (Lipinski definition) is 3. The van der Waals surface area contributed by atoms with E-state index in [0.717, 1.165) is 28.1 Å². The molecular formula is C27H24Cl2FN3O2. The Morgan fingerprint density at radius 1 is 1.00 bits per heavy atom. The quantitative estimate of drug-likeness (QED) is 0.287. The predicted octanol–water partition coefficient (Wildman–Crippen LogP) is 7.13. The van der Waals surface area contributed by atoms with Gasteiger partial charge in [0.1, 0.15) is 18.2 Å². The van der Waals surface area contributed by atoms with Gasteiger partial charge in [0.15, 0.2) is 0 Å². The second-order valence-corrected chi connectivity index (χ2v) is 9.10. The van der Waals surface area contributed by atoms with Crippen molar-refractivity contribution in [2.75, 3.05) is 5.32 Å². The molecular weight excluding hydrogens is 488 g/mol. The highest BCUT2D eigenvalue weighted by Crippen LogP contribution is 2.25. The third-order valence-electron chi connectivity index (χ3n) is 5.71. The minimum Gasteiger partial charge on any atom is -0.489 e. The molecule has 0 atom stereocenters. The summed E-state index contributed by atoms with van der Waals surface area (Å²) in [5.74, 6) is 0.104. The van der Waals surface area contributed by atoms with Gasteiger partial charge in [-0.15, -0.1) is 0 Å². The van der Waals surface area contributed by atoms with Gasteiger partial charge in [-0.2, -0.15) is 5.10 Å². The van der Waals surface area contributed by atoms with Crippen LogP contribution < -0.4 is 10.1 Å². The van der Waals surface area contributed by atoms with Crippen LogP contribution in [0.25, 0.3) is 0 Å². The first-order chi connectivity index (χ1) is 16.7. The average Bonchev–Trinajstić information content (AvgIpc) is 3.09. The molecule has 0 fully saturated rings. The number of nitrogens with zero attached hydrogens (tertiary/aromatic N) is 2. The molecule has 0 saturated heterocycles. The first-order valence-electron chi connectivity index (χ1n) is 11.0. The lowest BCUT2D eigenvalue weighted by atomic mass is 10.1. The topological polar surface area (TPSA) is 56.1 Å². The first kappa shape index (κ1) is 24.8. The lowest BCUT2D eigenvalue weighted by Crippen LogP contribution is -2.13. The maximum atomic E-state index is 13.3. The summed E-state index contributed by atoms with van der Waals surface area (Å²) in [7, 11) is 0. The predicted molar refractivity (Wildman–Crippen MR) is 137 cm³/mol. The molecule has 4 rings (SSSR count). The monoisotopic (exact) mass is 511 g/mol. The lowest BCUT2D eigenvalue weighted by molar-refractivity contribution is 0.102. The molecule has 0 unspecified atom stereocenters. The zero-order valence-electron chi connectivity index (χ0n) is 19.5. The summed E-state index contributed by atoms with van der Waals surface area (Å²) in [6.45, 7) is 6.35. The molecule has 0 bridgehead atoms. The number of aromatic nitrogens is 2. The van der Waals surface area contributed by atoms with E-state index in [-0.39, 0.29) is 5.91 Å². The zero-order chi connectivity index (χ0) is 25.1. The van der Waals surface area contributed by atoms with E-state index in [1.54, 1.807) is 28.9 Å². The summed E-state index contributed by atoms with van der Waals surface area (Å²) in [4.78, 5) is 12.9. The van der Waals surface area contributed by atoms with Crippen LogP contribution >= 0.6 is 23.2 Å². The molecule has 0 aliphatic rings. The third-order valence-corrected chi connectivity index (χ3v) is 6.48. The first-order valence-corrected chi connectivity index (χ1v) is 11.7. The molecule has 0 spiro atoms. The summed E-state index contributed by atoms with van der Waals surface area (Å²) in [5, 5.41) is 8.50. The van der Waals surface area contributed by atoms with Crippen molar-refractivity contribution in [1.82, 2.24) is 9.78 Å². The van der Waals surface area contributed by atoms with Gasteiger partial charge in [0.25, 0.3) is 5.91 Å². The molecule has 35 heavy (non-hydrogen) atoms. The molecule has 5 nitrogen and oxygen atoms in total. The fourth-order valence-corrected chi connectivity index (χ4v) is 4.00. The van der Waals surface area contributed by atoms with Gasteiger partial charge >= 0.3 is 0 Å². The number of halogens is 3. The highest BCUT2D eigenvalue weighted by atomic mass is 35.5. The van der Waals surface area contributed by atoms with Crippen molar-refractivity contribution in [3.63, 3.8) is 0 Å². The molecule has 0 aliphatic carbocycles. The van der Waals surface area contributed by atoms with E-state index in [2.05, 4.69) is 10.4 Å². The smallest absolute Gasteiger partial charge is 0.255 e. The molecule has 1 amide bonds. The molecule has 1 heterocycles. The van der Waals surface area contributed by atoms with Gasteiger partial charge in [-0.25, -0.2) is 4.39 Å². The normalized spacial score (nSPS) is 10.9. The van der Waals surface area contributed by atoms with Crippen molar-refractivity contribution in [1.29, 1.82) is 0 Å². The van der Waals surface area contributed by atoms with Crippen LogP contribution in [0.4, 0.5) is 10.1 Å². The summed E-state index contributed by atoms with van der Waals surface area (Å²) in [6, 6.07) is 17.0. The van der Waals surface area contributed by atoms with Crippen LogP contribution in [-0.4, -0.2) is 15.7 Å². The molecule has 8 heteroatoms. The Balaban J connectivity index is 1.41. The van der Waals surface area contributed by atoms with Crippen molar-refractivity contribution in [3.8, 4) is 5.75 Å². The van der Waals surface area contributed by atoms with Crippen molar-refractivity contribution in [2.24, 2.45) is 0 Å². The molecule has 0 saturated carbocycles. The lowest BCUT2D eigenvalue weighted by Gasteiger charge is -2.10. The van der Waals surface area contributed by atoms with Gasteiger partial charge < -0.3 is 10.1 Å². The van der Waals surface area contributed by atoms with Gasteiger partial charge in [0.05, 0.1) is 23.6 Å². The van der Waals surface area contributed by atoms with Gasteiger partial charge in [0.2, 0.25) is 0 Å². The third kappa shape index (κ3) is 5.84. The van der Waals surface area contributed by atoms with Gasteiger partial charge in [-0.3, -0.25) is 9.48 Å². The largest absolute Gasteiger partial charge is 0.489 e. The number of amides is 1. The van der Waals surface area contributed by atoms with E-state index in [9.17, 15) is 9.18 Å². The number of nitrogens with one attached hydrogen (secondary N) is 1. The van der Waals surface area contributed by atoms with Crippen LogP contribution in [0.2, 0.25) is 10.0 Å². The average molecular weight is 512 g/mol. The van der Waals surface area contributed by atoms with Crippen LogP contribution in [-0.2, 0) is 13.2 Å². The summed E-state index contributed by atoms with van der Waals surface area (Å²) in [5.41, 5.74) is 5.24. The number of carbonyl (C=O) groups excluding carboxylic acids is 1. The Kier molecular flexibility index (Phi) is 7.43. The second kappa shape index (κ2) is 10.5. The highest BCUT2D eigenvalue weighted by molar-refractivity contribution is 6.31. The Morgan fingerprint density at radius 3 is 2.43 bits per heavy atom. The van der Waals surface area contributed by atoms with Crippen molar-refractivity contribution in [2.45, 2.75) is 33.9 Å². The SMILES string of the molecule is Cc1cc(OCc2ccc(C(=O)Nc3c(C)nn(Cc4ccc(F)cc4Cl)c3C)cc2)ccc1Cl. The number of rotatable bonds is 7. The van der Waals surface area contributed by atoms with E-state index in [1.165, 1.54) is 12.1 Å². The Labute approximate surface area is 213 Å². The van der Waals surface area contributed by atoms with Crippen LogP contribution in [0.15, 0.2) is 60.7 Å². The summed E-state index contributed by atoms with van der Waals surface area (Å²) < 4.78 is 20.9. The molecule has 0 radical (unpaired) electrons. The number of ether oxygens (including phenoxy) is 1. The maximum absolute atomic E-state index is 13.3. The minimum atomic E-state index is -0.391. The summed E-state index contributed by atoms with van der Waals surface area (Å²) >= 11 is 12.2. The number of hydrogen-bond donors (Lipinski definition) is 1. The van der Waals surface area contributed by atoms with Gasteiger partial charge in [-0.1, -0.05) is 41.4 Å². The Morgan fingerprint density at radius 2 is 1.74 bits per heavy atom. The standard InChI is InChI=1S/C27H24Cl2FN3O2/c1-16-12-23(10-11-24(16)28)35-15-19-4-6-20(7-5-19)27(34)31-26-17(2)32-33(18(26)3)14-21-8-9-22(30)13-25(21)29/h4-13H,14-15H2,1-3H3,(H,31,34). The van der Waals surface area contributed by atoms with E-state index < -0.39 is 5.82 Å². The molecule has 1 aromatic heterocycles.